The zero-order valence-electron chi connectivity index (χ0n) is 11.8. The van der Waals surface area contributed by atoms with E-state index in [0.717, 1.165) is 21.9 Å². The lowest BCUT2D eigenvalue weighted by Crippen LogP contribution is -1.82. The lowest BCUT2D eigenvalue weighted by Gasteiger charge is -2.03. The zero-order valence-corrected chi connectivity index (χ0v) is 11.8. The van der Waals surface area contributed by atoms with Crippen LogP contribution < -0.4 is 5.73 Å². The van der Waals surface area contributed by atoms with Crippen LogP contribution in [0.25, 0.3) is 43.5 Å². The summed E-state index contributed by atoms with van der Waals surface area (Å²) in [6, 6.07) is 23.0. The first-order valence-corrected chi connectivity index (χ1v) is 7.33. The Morgan fingerprint density at radius 1 is 0.636 bits per heavy atom. The van der Waals surface area contributed by atoms with Gasteiger partial charge in [0.1, 0.15) is 5.58 Å². The Bertz CT molecular complexity index is 1180. The average Bonchev–Trinajstić information content (AvgIpc) is 2.92. The van der Waals surface area contributed by atoms with Gasteiger partial charge in [-0.1, -0.05) is 48.5 Å². The van der Waals surface area contributed by atoms with Crippen molar-refractivity contribution in [2.75, 3.05) is 5.73 Å². The highest BCUT2D eigenvalue weighted by Gasteiger charge is 2.11. The van der Waals surface area contributed by atoms with Crippen LogP contribution in [0.15, 0.2) is 71.1 Å². The maximum Gasteiger partial charge on any atom is 0.158 e. The Hall–Kier alpha value is -3.00. The molecule has 1 aromatic heterocycles. The summed E-state index contributed by atoms with van der Waals surface area (Å²) >= 11 is 0. The first kappa shape index (κ1) is 11.6. The van der Waals surface area contributed by atoms with Gasteiger partial charge in [-0.2, -0.15) is 0 Å². The molecule has 0 aliphatic rings. The van der Waals surface area contributed by atoms with Gasteiger partial charge < -0.3 is 10.2 Å². The fraction of sp³-hybridized carbons (Fsp3) is 0. The second-order valence-corrected chi connectivity index (χ2v) is 5.68. The van der Waals surface area contributed by atoms with E-state index in [4.69, 9.17) is 10.2 Å². The third-order valence-electron chi connectivity index (χ3n) is 4.39. The number of benzene rings is 4. The van der Waals surface area contributed by atoms with E-state index in [2.05, 4.69) is 54.6 Å². The molecule has 2 nitrogen and oxygen atoms in total. The third-order valence-corrected chi connectivity index (χ3v) is 4.39. The molecule has 0 amide bonds. The minimum absolute atomic E-state index is 0.683. The molecule has 0 unspecified atom stereocenters. The number of furan rings is 1. The van der Waals surface area contributed by atoms with Crippen LogP contribution in [0.2, 0.25) is 0 Å². The van der Waals surface area contributed by atoms with Crippen molar-refractivity contribution in [2.45, 2.75) is 0 Å². The van der Waals surface area contributed by atoms with E-state index in [0.29, 0.717) is 5.69 Å². The van der Waals surface area contributed by atoms with Crippen molar-refractivity contribution < 1.29 is 4.42 Å². The SMILES string of the molecule is Nc1cccc2c1oc1cc3ccc4ccccc4c3cc12. The molecule has 0 aliphatic carbocycles. The molecular weight excluding hydrogens is 270 g/mol. The van der Waals surface area contributed by atoms with Gasteiger partial charge in [-0.25, -0.2) is 0 Å². The van der Waals surface area contributed by atoms with E-state index in [1.165, 1.54) is 21.5 Å². The normalized spacial score (nSPS) is 11.8. The molecule has 4 aromatic carbocycles. The quantitative estimate of drug-likeness (QED) is 0.302. The van der Waals surface area contributed by atoms with E-state index in [1.807, 2.05) is 12.1 Å². The highest BCUT2D eigenvalue weighted by atomic mass is 16.3. The van der Waals surface area contributed by atoms with Crippen molar-refractivity contribution in [3.05, 3.63) is 66.7 Å². The Labute approximate surface area is 126 Å². The molecule has 5 rings (SSSR count). The summed E-state index contributed by atoms with van der Waals surface area (Å²) in [5.74, 6) is 0. The standard InChI is InChI=1S/C20H13NO/c21-18-7-3-6-15-17-11-16-13(10-19(17)22-20(15)18)9-8-12-4-1-2-5-14(12)16/h1-11H,21H2. The number of rotatable bonds is 0. The van der Waals surface area contributed by atoms with Gasteiger partial charge in [0, 0.05) is 10.8 Å². The van der Waals surface area contributed by atoms with Gasteiger partial charge in [-0.3, -0.25) is 0 Å². The average molecular weight is 283 g/mol. The molecule has 2 heteroatoms. The van der Waals surface area contributed by atoms with Crippen LogP contribution in [0.1, 0.15) is 0 Å². The number of fused-ring (bicyclic) bond motifs is 6. The fourth-order valence-corrected chi connectivity index (χ4v) is 3.32. The second-order valence-electron chi connectivity index (χ2n) is 5.68. The molecule has 0 radical (unpaired) electrons. The molecule has 0 spiro atoms. The molecule has 0 fully saturated rings. The molecule has 0 bridgehead atoms. The van der Waals surface area contributed by atoms with Crippen LogP contribution in [-0.2, 0) is 0 Å². The molecule has 0 aliphatic heterocycles. The molecule has 2 N–H and O–H groups in total. The number of hydrogen-bond acceptors (Lipinski definition) is 2. The van der Waals surface area contributed by atoms with Crippen molar-refractivity contribution in [1.82, 2.24) is 0 Å². The Balaban J connectivity index is 2.04. The summed E-state index contributed by atoms with van der Waals surface area (Å²) in [6.45, 7) is 0. The molecule has 0 saturated heterocycles. The number of para-hydroxylation sites is 1. The summed E-state index contributed by atoms with van der Waals surface area (Å²) in [6.07, 6.45) is 0. The van der Waals surface area contributed by atoms with Crippen molar-refractivity contribution in [2.24, 2.45) is 0 Å². The van der Waals surface area contributed by atoms with Gasteiger partial charge >= 0.3 is 0 Å². The zero-order chi connectivity index (χ0) is 14.7. The number of nitrogen functional groups attached to an aromatic ring is 1. The summed E-state index contributed by atoms with van der Waals surface area (Å²) in [5, 5.41) is 7.14. The second kappa shape index (κ2) is 4.01. The fourth-order valence-electron chi connectivity index (χ4n) is 3.32. The van der Waals surface area contributed by atoms with Crippen LogP contribution >= 0.6 is 0 Å². The molecule has 22 heavy (non-hydrogen) atoms. The monoisotopic (exact) mass is 283 g/mol. The summed E-state index contributed by atoms with van der Waals surface area (Å²) in [4.78, 5) is 0. The third kappa shape index (κ3) is 1.44. The van der Waals surface area contributed by atoms with E-state index in [9.17, 15) is 0 Å². The molecule has 0 atom stereocenters. The van der Waals surface area contributed by atoms with Gasteiger partial charge in [0.05, 0.1) is 5.69 Å². The number of nitrogens with two attached hydrogens (primary N) is 1. The highest BCUT2D eigenvalue weighted by Crippen LogP contribution is 2.36. The number of hydrogen-bond donors (Lipinski definition) is 1. The van der Waals surface area contributed by atoms with Gasteiger partial charge in [0.2, 0.25) is 0 Å². The van der Waals surface area contributed by atoms with Gasteiger partial charge in [0.25, 0.3) is 0 Å². The lowest BCUT2D eigenvalue weighted by atomic mass is 10.00. The van der Waals surface area contributed by atoms with Crippen molar-refractivity contribution in [3.63, 3.8) is 0 Å². The largest absolute Gasteiger partial charge is 0.454 e. The molecule has 5 aromatic rings. The van der Waals surface area contributed by atoms with Crippen LogP contribution in [0.4, 0.5) is 5.69 Å². The maximum atomic E-state index is 6.04. The minimum Gasteiger partial charge on any atom is -0.454 e. The van der Waals surface area contributed by atoms with Crippen LogP contribution in [-0.4, -0.2) is 0 Å². The van der Waals surface area contributed by atoms with Crippen LogP contribution in [0, 0.1) is 0 Å². The topological polar surface area (TPSA) is 39.2 Å². The van der Waals surface area contributed by atoms with Gasteiger partial charge in [-0.05, 0) is 39.7 Å². The first-order valence-electron chi connectivity index (χ1n) is 7.33. The summed E-state index contributed by atoms with van der Waals surface area (Å²) in [5.41, 5.74) is 8.39. The van der Waals surface area contributed by atoms with Gasteiger partial charge in [-0.15, -0.1) is 0 Å². The van der Waals surface area contributed by atoms with E-state index in [1.54, 1.807) is 0 Å². The van der Waals surface area contributed by atoms with Crippen LogP contribution in [0.3, 0.4) is 0 Å². The van der Waals surface area contributed by atoms with Crippen molar-refractivity contribution in [3.8, 4) is 0 Å². The minimum atomic E-state index is 0.683. The van der Waals surface area contributed by atoms with E-state index < -0.39 is 0 Å². The van der Waals surface area contributed by atoms with E-state index in [-0.39, 0.29) is 0 Å². The Morgan fingerprint density at radius 3 is 2.41 bits per heavy atom. The molecule has 1 heterocycles. The van der Waals surface area contributed by atoms with Crippen molar-refractivity contribution >= 4 is 49.2 Å². The number of anilines is 1. The predicted octanol–water partition coefficient (Wildman–Crippen LogP) is 5.47. The molecule has 0 saturated carbocycles. The Kier molecular flexibility index (Phi) is 2.12. The lowest BCUT2D eigenvalue weighted by molar-refractivity contribution is 0.671. The highest BCUT2D eigenvalue weighted by molar-refractivity contribution is 6.17. The molecular formula is C20H13NO. The van der Waals surface area contributed by atoms with Crippen molar-refractivity contribution in [1.29, 1.82) is 0 Å². The summed E-state index contributed by atoms with van der Waals surface area (Å²) in [7, 11) is 0. The van der Waals surface area contributed by atoms with E-state index >= 15 is 0 Å². The van der Waals surface area contributed by atoms with Gasteiger partial charge in [0.15, 0.2) is 5.58 Å². The molecule has 104 valence electrons. The predicted molar refractivity (Wildman–Crippen MR) is 93.1 cm³/mol. The smallest absolute Gasteiger partial charge is 0.158 e. The first-order chi connectivity index (χ1) is 10.8. The Morgan fingerprint density at radius 2 is 1.45 bits per heavy atom. The summed E-state index contributed by atoms with van der Waals surface area (Å²) < 4.78 is 5.98. The maximum absolute atomic E-state index is 6.04. The van der Waals surface area contributed by atoms with Crippen LogP contribution in [0.5, 0.6) is 0 Å².